The molecule has 1 saturated heterocycles. The van der Waals surface area contributed by atoms with Crippen LogP contribution < -0.4 is 10.2 Å². The lowest BCUT2D eigenvalue weighted by Crippen LogP contribution is -2.52. The molecule has 2 rings (SSSR count). The van der Waals surface area contributed by atoms with Crippen LogP contribution in [0.2, 0.25) is 0 Å². The van der Waals surface area contributed by atoms with Gasteiger partial charge in [0, 0.05) is 31.4 Å². The maximum atomic E-state index is 3.60. The van der Waals surface area contributed by atoms with Crippen molar-refractivity contribution in [3.8, 4) is 0 Å². The molecule has 0 bridgehead atoms. The van der Waals surface area contributed by atoms with Crippen LogP contribution in [-0.4, -0.2) is 25.7 Å². The number of nitrogens with one attached hydrogen (secondary N) is 1. The van der Waals surface area contributed by atoms with Crippen molar-refractivity contribution in [2.45, 2.75) is 33.2 Å². The molecule has 1 atom stereocenters. The first-order valence-corrected chi connectivity index (χ1v) is 6.78. The van der Waals surface area contributed by atoms with E-state index in [9.17, 15) is 0 Å². The lowest BCUT2D eigenvalue weighted by molar-refractivity contribution is 0.368. The van der Waals surface area contributed by atoms with Crippen LogP contribution in [0.3, 0.4) is 0 Å². The Labute approximate surface area is 105 Å². The van der Waals surface area contributed by atoms with Crippen molar-refractivity contribution in [1.29, 1.82) is 0 Å². The van der Waals surface area contributed by atoms with E-state index in [-0.39, 0.29) is 0 Å². The highest BCUT2D eigenvalue weighted by atomic mass is 15.2. The Hall–Kier alpha value is -1.02. The molecule has 1 aromatic carbocycles. The van der Waals surface area contributed by atoms with Crippen LogP contribution in [0.5, 0.6) is 0 Å². The summed E-state index contributed by atoms with van der Waals surface area (Å²) in [6.45, 7) is 10.1. The maximum absolute atomic E-state index is 3.60. The van der Waals surface area contributed by atoms with Crippen LogP contribution in [0.25, 0.3) is 0 Å². The number of hydrogen-bond acceptors (Lipinski definition) is 2. The largest absolute Gasteiger partial charge is 0.369 e. The SMILES string of the molecule is CCc1ccc(N2CCNC(C(C)C)C2)cc1. The molecule has 1 aliphatic heterocycles. The number of benzene rings is 1. The molecular weight excluding hydrogens is 208 g/mol. The Morgan fingerprint density at radius 1 is 1.29 bits per heavy atom. The van der Waals surface area contributed by atoms with Crippen LogP contribution in [0.15, 0.2) is 24.3 Å². The number of aryl methyl sites for hydroxylation is 1. The number of anilines is 1. The van der Waals surface area contributed by atoms with E-state index in [4.69, 9.17) is 0 Å². The number of rotatable bonds is 3. The van der Waals surface area contributed by atoms with E-state index in [1.807, 2.05) is 0 Å². The quantitative estimate of drug-likeness (QED) is 0.862. The maximum Gasteiger partial charge on any atom is 0.0367 e. The van der Waals surface area contributed by atoms with Gasteiger partial charge in [-0.05, 0) is 30.0 Å². The van der Waals surface area contributed by atoms with E-state index in [2.05, 4.69) is 55.3 Å². The molecule has 0 spiro atoms. The zero-order valence-corrected chi connectivity index (χ0v) is 11.2. The van der Waals surface area contributed by atoms with Gasteiger partial charge < -0.3 is 10.2 Å². The first-order chi connectivity index (χ1) is 8.20. The van der Waals surface area contributed by atoms with Crippen LogP contribution in [0.4, 0.5) is 5.69 Å². The van der Waals surface area contributed by atoms with Gasteiger partial charge in [-0.25, -0.2) is 0 Å². The summed E-state index contributed by atoms with van der Waals surface area (Å²) < 4.78 is 0. The summed E-state index contributed by atoms with van der Waals surface area (Å²) in [5, 5.41) is 3.60. The second kappa shape index (κ2) is 5.54. The van der Waals surface area contributed by atoms with Crippen molar-refractivity contribution in [2.24, 2.45) is 5.92 Å². The van der Waals surface area contributed by atoms with Gasteiger partial charge >= 0.3 is 0 Å². The highest BCUT2D eigenvalue weighted by molar-refractivity contribution is 5.48. The van der Waals surface area contributed by atoms with Crippen LogP contribution in [-0.2, 0) is 6.42 Å². The van der Waals surface area contributed by atoms with Crippen molar-refractivity contribution < 1.29 is 0 Å². The van der Waals surface area contributed by atoms with Crippen LogP contribution in [0, 0.1) is 5.92 Å². The van der Waals surface area contributed by atoms with Crippen molar-refractivity contribution in [1.82, 2.24) is 5.32 Å². The highest BCUT2D eigenvalue weighted by Gasteiger charge is 2.21. The van der Waals surface area contributed by atoms with Gasteiger partial charge in [0.2, 0.25) is 0 Å². The van der Waals surface area contributed by atoms with Gasteiger partial charge in [-0.3, -0.25) is 0 Å². The average Bonchev–Trinajstić information content (AvgIpc) is 2.39. The van der Waals surface area contributed by atoms with Gasteiger partial charge in [0.1, 0.15) is 0 Å². The molecule has 0 aromatic heterocycles. The number of piperazine rings is 1. The van der Waals surface area contributed by atoms with Gasteiger partial charge in [0.05, 0.1) is 0 Å². The van der Waals surface area contributed by atoms with Crippen molar-refractivity contribution >= 4 is 5.69 Å². The number of hydrogen-bond donors (Lipinski definition) is 1. The van der Waals surface area contributed by atoms with E-state index in [1.165, 1.54) is 11.3 Å². The lowest BCUT2D eigenvalue weighted by Gasteiger charge is -2.37. The first kappa shape index (κ1) is 12.4. The Morgan fingerprint density at radius 2 is 2.00 bits per heavy atom. The minimum Gasteiger partial charge on any atom is -0.369 e. The lowest BCUT2D eigenvalue weighted by atomic mass is 10.0. The molecule has 0 radical (unpaired) electrons. The molecule has 1 heterocycles. The minimum absolute atomic E-state index is 0.620. The molecule has 2 heteroatoms. The predicted octanol–water partition coefficient (Wildman–Crippen LogP) is 2.68. The Kier molecular flexibility index (Phi) is 4.06. The van der Waals surface area contributed by atoms with Crippen LogP contribution >= 0.6 is 0 Å². The summed E-state index contributed by atoms with van der Waals surface area (Å²) in [6, 6.07) is 9.65. The van der Waals surface area contributed by atoms with Gasteiger partial charge in [-0.15, -0.1) is 0 Å². The average molecular weight is 232 g/mol. The molecule has 1 unspecified atom stereocenters. The number of nitrogens with zero attached hydrogens (tertiary/aromatic N) is 1. The zero-order valence-electron chi connectivity index (χ0n) is 11.2. The molecule has 2 nitrogen and oxygen atoms in total. The summed E-state index contributed by atoms with van der Waals surface area (Å²) in [4.78, 5) is 2.50. The van der Waals surface area contributed by atoms with E-state index < -0.39 is 0 Å². The summed E-state index contributed by atoms with van der Waals surface area (Å²) in [7, 11) is 0. The fourth-order valence-corrected chi connectivity index (χ4v) is 2.40. The van der Waals surface area contributed by atoms with E-state index >= 15 is 0 Å². The van der Waals surface area contributed by atoms with E-state index in [0.29, 0.717) is 12.0 Å². The molecular formula is C15H24N2. The van der Waals surface area contributed by atoms with Gasteiger partial charge in [-0.1, -0.05) is 32.9 Å². The summed E-state index contributed by atoms with van der Waals surface area (Å²) in [5.41, 5.74) is 2.79. The normalized spacial score (nSPS) is 20.9. The Balaban J connectivity index is 2.05. The zero-order chi connectivity index (χ0) is 12.3. The monoisotopic (exact) mass is 232 g/mol. The molecule has 0 aliphatic carbocycles. The summed E-state index contributed by atoms with van der Waals surface area (Å²) in [6.07, 6.45) is 1.12. The second-order valence-electron chi connectivity index (χ2n) is 5.27. The molecule has 1 N–H and O–H groups in total. The predicted molar refractivity (Wildman–Crippen MR) is 74.7 cm³/mol. The topological polar surface area (TPSA) is 15.3 Å². The molecule has 1 aromatic rings. The summed E-state index contributed by atoms with van der Waals surface area (Å²) >= 11 is 0. The summed E-state index contributed by atoms with van der Waals surface area (Å²) in [5.74, 6) is 0.702. The third kappa shape index (κ3) is 3.01. The smallest absolute Gasteiger partial charge is 0.0367 e. The molecule has 94 valence electrons. The standard InChI is InChI=1S/C15H24N2/c1-4-13-5-7-14(8-6-13)17-10-9-16-15(11-17)12(2)3/h5-8,12,15-16H,4,9-11H2,1-3H3. The first-order valence-electron chi connectivity index (χ1n) is 6.78. The highest BCUT2D eigenvalue weighted by Crippen LogP contribution is 2.19. The van der Waals surface area contributed by atoms with E-state index in [1.54, 1.807) is 0 Å². The Bertz CT molecular complexity index is 342. The molecule has 0 saturated carbocycles. The fourth-order valence-electron chi connectivity index (χ4n) is 2.40. The molecule has 0 amide bonds. The third-order valence-corrected chi connectivity index (χ3v) is 3.72. The van der Waals surface area contributed by atoms with Crippen LogP contribution in [0.1, 0.15) is 26.3 Å². The van der Waals surface area contributed by atoms with Crippen molar-refractivity contribution in [3.05, 3.63) is 29.8 Å². The minimum atomic E-state index is 0.620. The third-order valence-electron chi connectivity index (χ3n) is 3.72. The second-order valence-corrected chi connectivity index (χ2v) is 5.27. The Morgan fingerprint density at radius 3 is 2.59 bits per heavy atom. The van der Waals surface area contributed by atoms with E-state index in [0.717, 1.165) is 26.1 Å². The molecule has 17 heavy (non-hydrogen) atoms. The van der Waals surface area contributed by atoms with Crippen molar-refractivity contribution in [3.63, 3.8) is 0 Å². The van der Waals surface area contributed by atoms with Gasteiger partial charge in [0.25, 0.3) is 0 Å². The fraction of sp³-hybridized carbons (Fsp3) is 0.600. The van der Waals surface area contributed by atoms with Crippen molar-refractivity contribution in [2.75, 3.05) is 24.5 Å². The molecule has 1 aliphatic rings. The molecule has 1 fully saturated rings. The van der Waals surface area contributed by atoms with Gasteiger partial charge in [0.15, 0.2) is 0 Å². The van der Waals surface area contributed by atoms with Gasteiger partial charge in [-0.2, -0.15) is 0 Å².